The van der Waals surface area contributed by atoms with Crippen LogP contribution in [-0.2, 0) is 0 Å². The van der Waals surface area contributed by atoms with Crippen molar-refractivity contribution in [2.24, 2.45) is 5.41 Å². The van der Waals surface area contributed by atoms with Crippen LogP contribution in [0.15, 0.2) is 18.2 Å². The number of piperidine rings is 1. The van der Waals surface area contributed by atoms with E-state index in [0.29, 0.717) is 5.75 Å². The molecule has 128 valence electrons. The summed E-state index contributed by atoms with van der Waals surface area (Å²) in [6.07, 6.45) is 0.778. The van der Waals surface area contributed by atoms with Crippen molar-refractivity contribution in [2.45, 2.75) is 32.9 Å². The number of halogens is 2. The van der Waals surface area contributed by atoms with Gasteiger partial charge < -0.3 is 20.1 Å². The topological polar surface area (TPSA) is 59.6 Å². The van der Waals surface area contributed by atoms with E-state index in [0.717, 1.165) is 19.5 Å². The highest BCUT2D eigenvalue weighted by molar-refractivity contribution is 5.97. The largest absolute Gasteiger partial charge is 0.497 e. The highest BCUT2D eigenvalue weighted by Crippen LogP contribution is 2.29. The summed E-state index contributed by atoms with van der Waals surface area (Å²) in [5, 5.41) is 6.21. The first-order valence-electron chi connectivity index (χ1n) is 7.48. The van der Waals surface area contributed by atoms with Crippen LogP contribution in [0.5, 0.6) is 11.5 Å². The summed E-state index contributed by atoms with van der Waals surface area (Å²) in [5.41, 5.74) is -0.0511. The maximum atomic E-state index is 12.6. The molecular formula is C16H22F2N2O3. The lowest BCUT2D eigenvalue weighted by Crippen LogP contribution is -2.54. The first-order chi connectivity index (χ1) is 10.8. The molecule has 1 amide bonds. The fraction of sp³-hybridized carbons (Fsp3) is 0.562. The fourth-order valence-corrected chi connectivity index (χ4v) is 2.69. The summed E-state index contributed by atoms with van der Waals surface area (Å²) in [4.78, 5) is 12.5. The van der Waals surface area contributed by atoms with Gasteiger partial charge >= 0.3 is 6.61 Å². The Morgan fingerprint density at radius 3 is 2.78 bits per heavy atom. The predicted molar refractivity (Wildman–Crippen MR) is 82.1 cm³/mol. The van der Waals surface area contributed by atoms with Gasteiger partial charge in [-0.1, -0.05) is 13.8 Å². The molecule has 0 aromatic heterocycles. The predicted octanol–water partition coefficient (Wildman–Crippen LogP) is 2.41. The number of rotatable bonds is 5. The standard InChI is InChI=1S/C16H22F2N2O3/c1-16(2)9-19-7-6-13(16)20-14(21)11-5-4-10(22-3)8-12(11)23-15(17)18/h4-5,8,13,15,19H,6-7,9H2,1-3H3,(H,20,21). The molecule has 1 aliphatic rings. The Labute approximate surface area is 134 Å². The number of ether oxygens (including phenoxy) is 2. The third-order valence-electron chi connectivity index (χ3n) is 4.09. The van der Waals surface area contributed by atoms with E-state index in [-0.39, 0.29) is 22.8 Å². The monoisotopic (exact) mass is 328 g/mol. The lowest BCUT2D eigenvalue weighted by molar-refractivity contribution is -0.0502. The third kappa shape index (κ3) is 4.31. The van der Waals surface area contributed by atoms with E-state index >= 15 is 0 Å². The zero-order valence-corrected chi connectivity index (χ0v) is 13.5. The average molecular weight is 328 g/mol. The molecule has 1 atom stereocenters. The number of alkyl halides is 2. The first-order valence-corrected chi connectivity index (χ1v) is 7.48. The second-order valence-electron chi connectivity index (χ2n) is 6.22. The number of carbonyl (C=O) groups is 1. The summed E-state index contributed by atoms with van der Waals surface area (Å²) < 4.78 is 34.6. The van der Waals surface area contributed by atoms with Crippen LogP contribution in [0.2, 0.25) is 0 Å². The lowest BCUT2D eigenvalue weighted by atomic mass is 9.80. The van der Waals surface area contributed by atoms with E-state index < -0.39 is 12.5 Å². The Morgan fingerprint density at radius 2 is 2.17 bits per heavy atom. The molecule has 0 bridgehead atoms. The van der Waals surface area contributed by atoms with Gasteiger partial charge in [0, 0.05) is 18.7 Å². The highest BCUT2D eigenvalue weighted by Gasteiger charge is 2.33. The van der Waals surface area contributed by atoms with Gasteiger partial charge in [0.25, 0.3) is 5.91 Å². The summed E-state index contributed by atoms with van der Waals surface area (Å²) >= 11 is 0. The fourth-order valence-electron chi connectivity index (χ4n) is 2.69. The van der Waals surface area contributed by atoms with Gasteiger partial charge in [0.1, 0.15) is 11.5 Å². The maximum Gasteiger partial charge on any atom is 0.387 e. The summed E-state index contributed by atoms with van der Waals surface area (Å²) in [7, 11) is 1.42. The minimum absolute atomic E-state index is 0.0437. The molecular weight excluding hydrogens is 306 g/mol. The number of amides is 1. The van der Waals surface area contributed by atoms with Crippen molar-refractivity contribution in [1.82, 2.24) is 10.6 Å². The van der Waals surface area contributed by atoms with Gasteiger partial charge in [-0.05, 0) is 30.5 Å². The molecule has 0 radical (unpaired) electrons. The number of carbonyl (C=O) groups excluding carboxylic acids is 1. The zero-order valence-electron chi connectivity index (χ0n) is 13.5. The van der Waals surface area contributed by atoms with Crippen LogP contribution in [0.4, 0.5) is 8.78 Å². The van der Waals surface area contributed by atoms with Gasteiger partial charge in [-0.25, -0.2) is 0 Å². The van der Waals surface area contributed by atoms with Gasteiger partial charge in [0.05, 0.1) is 12.7 Å². The van der Waals surface area contributed by atoms with Crippen molar-refractivity contribution in [3.63, 3.8) is 0 Å². The van der Waals surface area contributed by atoms with Crippen LogP contribution in [0.3, 0.4) is 0 Å². The smallest absolute Gasteiger partial charge is 0.387 e. The normalized spacial score (nSPS) is 20.2. The third-order valence-corrected chi connectivity index (χ3v) is 4.09. The SMILES string of the molecule is COc1ccc(C(=O)NC2CCNCC2(C)C)c(OC(F)F)c1. The molecule has 1 saturated heterocycles. The van der Waals surface area contributed by atoms with Crippen LogP contribution in [0, 0.1) is 5.41 Å². The van der Waals surface area contributed by atoms with Gasteiger partial charge in [-0.15, -0.1) is 0 Å². The molecule has 0 aliphatic carbocycles. The van der Waals surface area contributed by atoms with Crippen molar-refractivity contribution < 1.29 is 23.0 Å². The Balaban J connectivity index is 2.20. The number of methoxy groups -OCH3 is 1. The minimum atomic E-state index is -3.01. The van der Waals surface area contributed by atoms with E-state index in [1.807, 2.05) is 0 Å². The van der Waals surface area contributed by atoms with Gasteiger partial charge in [0.2, 0.25) is 0 Å². The van der Waals surface area contributed by atoms with E-state index in [1.165, 1.54) is 19.2 Å². The van der Waals surface area contributed by atoms with Crippen LogP contribution < -0.4 is 20.1 Å². The van der Waals surface area contributed by atoms with Crippen LogP contribution in [0.1, 0.15) is 30.6 Å². The molecule has 1 fully saturated rings. The van der Waals surface area contributed by atoms with Crippen molar-refractivity contribution in [3.05, 3.63) is 23.8 Å². The molecule has 5 nitrogen and oxygen atoms in total. The van der Waals surface area contributed by atoms with Gasteiger partial charge in [-0.3, -0.25) is 4.79 Å². The quantitative estimate of drug-likeness (QED) is 0.871. The van der Waals surface area contributed by atoms with Crippen LogP contribution in [-0.4, -0.2) is 38.8 Å². The summed E-state index contributed by atoms with van der Waals surface area (Å²) in [6, 6.07) is 4.22. The summed E-state index contributed by atoms with van der Waals surface area (Å²) in [5.74, 6) is -0.272. The zero-order chi connectivity index (χ0) is 17.0. The molecule has 2 N–H and O–H groups in total. The van der Waals surface area contributed by atoms with Crippen molar-refractivity contribution in [1.29, 1.82) is 0 Å². The van der Waals surface area contributed by atoms with Crippen molar-refractivity contribution in [3.8, 4) is 11.5 Å². The molecule has 0 saturated carbocycles. The number of nitrogens with one attached hydrogen (secondary N) is 2. The molecule has 2 rings (SSSR count). The number of benzene rings is 1. The second-order valence-corrected chi connectivity index (χ2v) is 6.22. The first kappa shape index (κ1) is 17.5. The second kappa shape index (κ2) is 7.12. The Kier molecular flexibility index (Phi) is 5.41. The van der Waals surface area contributed by atoms with E-state index in [4.69, 9.17) is 4.74 Å². The van der Waals surface area contributed by atoms with E-state index in [2.05, 4.69) is 29.2 Å². The Bertz CT molecular complexity index is 564. The Morgan fingerprint density at radius 1 is 1.43 bits per heavy atom. The highest BCUT2D eigenvalue weighted by atomic mass is 19.3. The maximum absolute atomic E-state index is 12.6. The molecule has 1 aromatic rings. The molecule has 23 heavy (non-hydrogen) atoms. The molecule has 7 heteroatoms. The summed E-state index contributed by atoms with van der Waals surface area (Å²) in [6.45, 7) is 2.67. The van der Waals surface area contributed by atoms with Crippen LogP contribution >= 0.6 is 0 Å². The molecule has 1 aromatic carbocycles. The average Bonchev–Trinajstić information content (AvgIpc) is 2.48. The van der Waals surface area contributed by atoms with E-state index in [1.54, 1.807) is 6.07 Å². The van der Waals surface area contributed by atoms with Crippen LogP contribution in [0.25, 0.3) is 0 Å². The van der Waals surface area contributed by atoms with Gasteiger partial charge in [-0.2, -0.15) is 8.78 Å². The number of hydrogen-bond acceptors (Lipinski definition) is 4. The molecule has 1 unspecified atom stereocenters. The lowest BCUT2D eigenvalue weighted by Gasteiger charge is -2.39. The molecule has 1 heterocycles. The Hall–Kier alpha value is -1.89. The number of hydrogen-bond donors (Lipinski definition) is 2. The minimum Gasteiger partial charge on any atom is -0.497 e. The van der Waals surface area contributed by atoms with Crippen molar-refractivity contribution in [2.75, 3.05) is 20.2 Å². The van der Waals surface area contributed by atoms with Gasteiger partial charge in [0.15, 0.2) is 0 Å². The molecule has 1 aliphatic heterocycles. The van der Waals surface area contributed by atoms with Crippen molar-refractivity contribution >= 4 is 5.91 Å². The molecule has 0 spiro atoms. The van der Waals surface area contributed by atoms with E-state index in [9.17, 15) is 13.6 Å².